The molecule has 1 fully saturated rings. The van der Waals surface area contributed by atoms with Crippen molar-refractivity contribution in [3.05, 3.63) is 0 Å². The molecular weight excluding hydrogens is 276 g/mol. The first-order chi connectivity index (χ1) is 9.51. The van der Waals surface area contributed by atoms with Crippen LogP contribution in [0.4, 0.5) is 4.79 Å². The van der Waals surface area contributed by atoms with Gasteiger partial charge >= 0.3 is 12.0 Å². The minimum atomic E-state index is -0.988. The number of carbonyl (C=O) groups is 4. The molecule has 1 saturated heterocycles. The van der Waals surface area contributed by atoms with Gasteiger partial charge < -0.3 is 10.1 Å². The van der Waals surface area contributed by atoms with Gasteiger partial charge in [-0.1, -0.05) is 27.7 Å². The van der Waals surface area contributed by atoms with Gasteiger partial charge in [0.25, 0.3) is 5.91 Å². The first kappa shape index (κ1) is 17.1. The van der Waals surface area contributed by atoms with E-state index in [2.05, 4.69) is 5.32 Å². The van der Waals surface area contributed by atoms with Gasteiger partial charge in [-0.2, -0.15) is 0 Å². The summed E-state index contributed by atoms with van der Waals surface area (Å²) in [6.45, 7) is 7.66. The zero-order chi connectivity index (χ0) is 16.4. The number of Topliss-reactive ketones (excluding diaryl/α,β-unsaturated/α-hetero) is 1. The zero-order valence-corrected chi connectivity index (χ0v) is 13.1. The van der Waals surface area contributed by atoms with E-state index in [4.69, 9.17) is 4.74 Å². The number of rotatable bonds is 5. The molecule has 0 bridgehead atoms. The SMILES string of the molecule is CC[C@@]1(C)NC(=O)N(CC(=O)OCC(=O)C(C)(C)C)C1=O. The second-order valence-corrected chi connectivity index (χ2v) is 6.34. The Balaban J connectivity index is 2.58. The Kier molecular flexibility index (Phi) is 4.76. The average Bonchev–Trinajstić information content (AvgIpc) is 2.59. The van der Waals surface area contributed by atoms with Crippen molar-refractivity contribution in [2.75, 3.05) is 13.2 Å². The number of hydrogen-bond acceptors (Lipinski definition) is 5. The van der Waals surface area contributed by atoms with Crippen LogP contribution in [0.2, 0.25) is 0 Å². The van der Waals surface area contributed by atoms with Crippen LogP contribution < -0.4 is 5.32 Å². The fourth-order valence-electron chi connectivity index (χ4n) is 1.67. The third kappa shape index (κ3) is 3.80. The number of amides is 3. The van der Waals surface area contributed by atoms with Gasteiger partial charge in [0.2, 0.25) is 0 Å². The van der Waals surface area contributed by atoms with E-state index in [9.17, 15) is 19.2 Å². The molecule has 21 heavy (non-hydrogen) atoms. The van der Waals surface area contributed by atoms with Crippen LogP contribution in [-0.4, -0.2) is 47.3 Å². The maximum Gasteiger partial charge on any atom is 0.326 e. The van der Waals surface area contributed by atoms with Gasteiger partial charge in [-0.25, -0.2) is 4.79 Å². The summed E-state index contributed by atoms with van der Waals surface area (Å²) in [5.74, 6) is -1.48. The minimum absolute atomic E-state index is 0.230. The second-order valence-electron chi connectivity index (χ2n) is 6.34. The van der Waals surface area contributed by atoms with Gasteiger partial charge in [-0.3, -0.25) is 19.3 Å². The van der Waals surface area contributed by atoms with Crippen molar-refractivity contribution in [3.8, 4) is 0 Å². The van der Waals surface area contributed by atoms with Crippen LogP contribution >= 0.6 is 0 Å². The summed E-state index contributed by atoms with van der Waals surface area (Å²) in [6, 6.07) is -0.622. The molecule has 0 saturated carbocycles. The van der Waals surface area contributed by atoms with E-state index in [-0.39, 0.29) is 12.4 Å². The predicted molar refractivity (Wildman–Crippen MR) is 74.4 cm³/mol. The van der Waals surface area contributed by atoms with Crippen LogP contribution in [0, 0.1) is 5.41 Å². The summed E-state index contributed by atoms with van der Waals surface area (Å²) in [4.78, 5) is 47.9. The van der Waals surface area contributed by atoms with Gasteiger partial charge in [0.05, 0.1) is 0 Å². The van der Waals surface area contributed by atoms with E-state index in [1.54, 1.807) is 34.6 Å². The summed E-state index contributed by atoms with van der Waals surface area (Å²) in [6.07, 6.45) is 0.422. The summed E-state index contributed by atoms with van der Waals surface area (Å²) >= 11 is 0. The first-order valence-corrected chi connectivity index (χ1v) is 6.84. The molecule has 1 N–H and O–H groups in total. The Morgan fingerprint density at radius 3 is 2.29 bits per heavy atom. The van der Waals surface area contributed by atoms with Gasteiger partial charge in [0.1, 0.15) is 12.1 Å². The molecule has 0 aromatic carbocycles. The average molecular weight is 298 g/mol. The molecule has 0 spiro atoms. The molecule has 1 aliphatic heterocycles. The summed E-state index contributed by atoms with van der Waals surface area (Å²) in [7, 11) is 0. The molecular formula is C14H22N2O5. The fourth-order valence-corrected chi connectivity index (χ4v) is 1.67. The van der Waals surface area contributed by atoms with Gasteiger partial charge in [-0.05, 0) is 13.3 Å². The summed E-state index contributed by atoms with van der Waals surface area (Å²) < 4.78 is 4.83. The normalized spacial score (nSPS) is 22.2. The monoisotopic (exact) mass is 298 g/mol. The van der Waals surface area contributed by atoms with Crippen molar-refractivity contribution in [3.63, 3.8) is 0 Å². The summed E-state index contributed by atoms with van der Waals surface area (Å²) in [5.41, 5.74) is -1.60. The lowest BCUT2D eigenvalue weighted by atomic mass is 9.91. The van der Waals surface area contributed by atoms with E-state index in [0.717, 1.165) is 4.90 Å². The van der Waals surface area contributed by atoms with Crippen molar-refractivity contribution in [1.29, 1.82) is 0 Å². The number of esters is 1. The van der Waals surface area contributed by atoms with Crippen molar-refractivity contribution in [2.45, 2.75) is 46.6 Å². The first-order valence-electron chi connectivity index (χ1n) is 6.84. The molecule has 1 aliphatic rings. The number of ketones is 1. The topological polar surface area (TPSA) is 92.8 Å². The number of imide groups is 1. The molecule has 1 rings (SSSR count). The minimum Gasteiger partial charge on any atom is -0.456 e. The molecule has 7 nitrogen and oxygen atoms in total. The number of hydrogen-bond donors (Lipinski definition) is 1. The van der Waals surface area contributed by atoms with Gasteiger partial charge in [0, 0.05) is 5.41 Å². The zero-order valence-electron chi connectivity index (χ0n) is 13.1. The van der Waals surface area contributed by atoms with Crippen molar-refractivity contribution in [2.24, 2.45) is 5.41 Å². The van der Waals surface area contributed by atoms with Crippen LogP contribution in [0.3, 0.4) is 0 Å². The molecule has 0 radical (unpaired) electrons. The largest absolute Gasteiger partial charge is 0.456 e. The number of urea groups is 1. The Bertz CT molecular complexity index is 480. The van der Waals surface area contributed by atoms with E-state index >= 15 is 0 Å². The number of carbonyl (C=O) groups excluding carboxylic acids is 4. The third-order valence-corrected chi connectivity index (χ3v) is 3.54. The standard InChI is InChI=1S/C14H22N2O5/c1-6-14(5)11(19)16(12(20)15-14)7-10(18)21-8-9(17)13(2,3)4/h6-8H2,1-5H3,(H,15,20)/t14-/m1/s1. The van der Waals surface area contributed by atoms with Crippen LogP contribution in [0.1, 0.15) is 41.0 Å². The predicted octanol–water partition coefficient (Wildman–Crippen LogP) is 0.865. The lowest BCUT2D eigenvalue weighted by Gasteiger charge is -2.19. The van der Waals surface area contributed by atoms with Gasteiger partial charge in [0.15, 0.2) is 12.4 Å². The van der Waals surface area contributed by atoms with Crippen LogP contribution in [-0.2, 0) is 19.1 Å². The molecule has 0 aromatic heterocycles. The number of nitrogens with zero attached hydrogens (tertiary/aromatic N) is 1. The summed E-state index contributed by atoms with van der Waals surface area (Å²) in [5, 5.41) is 2.54. The Labute approximate surface area is 124 Å². The van der Waals surface area contributed by atoms with Crippen LogP contribution in [0.15, 0.2) is 0 Å². The molecule has 0 unspecified atom stereocenters. The smallest absolute Gasteiger partial charge is 0.326 e. The number of nitrogens with one attached hydrogen (secondary N) is 1. The Morgan fingerprint density at radius 1 is 1.29 bits per heavy atom. The highest BCUT2D eigenvalue weighted by molar-refractivity contribution is 6.08. The van der Waals surface area contributed by atoms with Crippen LogP contribution in [0.5, 0.6) is 0 Å². The van der Waals surface area contributed by atoms with E-state index in [1.807, 2.05) is 0 Å². The highest BCUT2D eigenvalue weighted by Gasteiger charge is 2.47. The quantitative estimate of drug-likeness (QED) is 0.600. The lowest BCUT2D eigenvalue weighted by Crippen LogP contribution is -2.43. The lowest BCUT2D eigenvalue weighted by molar-refractivity contribution is -0.152. The second kappa shape index (κ2) is 5.83. The molecule has 7 heteroatoms. The highest BCUT2D eigenvalue weighted by atomic mass is 16.5. The van der Waals surface area contributed by atoms with Crippen molar-refractivity contribution in [1.82, 2.24) is 10.2 Å². The number of ether oxygens (including phenoxy) is 1. The molecule has 118 valence electrons. The highest BCUT2D eigenvalue weighted by Crippen LogP contribution is 2.20. The maximum absolute atomic E-state index is 12.1. The van der Waals surface area contributed by atoms with E-state index < -0.39 is 35.4 Å². The van der Waals surface area contributed by atoms with E-state index in [1.165, 1.54) is 0 Å². The molecule has 1 atom stereocenters. The fraction of sp³-hybridized carbons (Fsp3) is 0.714. The Morgan fingerprint density at radius 2 is 1.86 bits per heavy atom. The molecule has 0 aromatic rings. The molecule has 3 amide bonds. The molecule has 1 heterocycles. The van der Waals surface area contributed by atoms with Crippen molar-refractivity contribution >= 4 is 23.7 Å². The van der Waals surface area contributed by atoms with Gasteiger partial charge in [-0.15, -0.1) is 0 Å². The Hall–Kier alpha value is -1.92. The third-order valence-electron chi connectivity index (χ3n) is 3.54. The maximum atomic E-state index is 12.1. The van der Waals surface area contributed by atoms with Crippen LogP contribution in [0.25, 0.3) is 0 Å². The molecule has 0 aliphatic carbocycles. The van der Waals surface area contributed by atoms with E-state index in [0.29, 0.717) is 6.42 Å². The van der Waals surface area contributed by atoms with Crippen molar-refractivity contribution < 1.29 is 23.9 Å².